The molecule has 0 saturated carbocycles. The van der Waals surface area contributed by atoms with Gasteiger partial charge in [0.25, 0.3) is 0 Å². The van der Waals surface area contributed by atoms with Gasteiger partial charge in [-0.05, 0) is 25.7 Å². The average Bonchev–Trinajstić information content (AvgIpc) is 2.10. The highest BCUT2D eigenvalue weighted by atomic mass is 13.8. The molecule has 0 atom stereocenters. The minimum absolute atomic E-state index is 1.21. The first kappa shape index (κ1) is 11.5. The summed E-state index contributed by atoms with van der Waals surface area (Å²) >= 11 is 0. The quantitative estimate of drug-likeness (QED) is 0.386. The predicted molar refractivity (Wildman–Crippen MR) is 57.3 cm³/mol. The Bertz CT molecular complexity index is 104. The average molecular weight is 166 g/mol. The maximum Gasteiger partial charge on any atom is -0.0316 e. The minimum Gasteiger partial charge on any atom is -0.0885 e. The van der Waals surface area contributed by atoms with Crippen LogP contribution in [0, 0.1) is 0 Å². The van der Waals surface area contributed by atoms with E-state index in [4.69, 9.17) is 0 Å². The molecule has 0 N–H and O–H groups in total. The van der Waals surface area contributed by atoms with Crippen LogP contribution in [-0.2, 0) is 0 Å². The van der Waals surface area contributed by atoms with Gasteiger partial charge < -0.3 is 0 Å². The van der Waals surface area contributed by atoms with Gasteiger partial charge in [0.2, 0.25) is 0 Å². The number of unbranched alkanes of at least 4 members (excludes halogenated alkanes) is 3. The van der Waals surface area contributed by atoms with E-state index in [1.54, 1.807) is 0 Å². The molecule has 0 aromatic rings. The molecule has 0 aromatic heterocycles. The van der Waals surface area contributed by atoms with Crippen LogP contribution in [0.4, 0.5) is 0 Å². The van der Waals surface area contributed by atoms with Gasteiger partial charge in [-0.25, -0.2) is 0 Å². The fourth-order valence-electron chi connectivity index (χ4n) is 0.997. The lowest BCUT2D eigenvalue weighted by atomic mass is 10.2. The van der Waals surface area contributed by atoms with Gasteiger partial charge in [0, 0.05) is 0 Å². The number of hydrogen-bond acceptors (Lipinski definition) is 0. The van der Waals surface area contributed by atoms with Crippen molar-refractivity contribution in [3.63, 3.8) is 0 Å². The molecule has 70 valence electrons. The second-order valence-electron chi connectivity index (χ2n) is 3.10. The van der Waals surface area contributed by atoms with E-state index in [1.165, 1.54) is 38.5 Å². The Morgan fingerprint density at radius 1 is 0.583 bits per heavy atom. The van der Waals surface area contributed by atoms with E-state index in [0.29, 0.717) is 0 Å². The lowest BCUT2D eigenvalue weighted by Gasteiger charge is -1.87. The zero-order valence-corrected chi connectivity index (χ0v) is 8.55. The molecule has 0 rings (SSSR count). The minimum atomic E-state index is 1.21. The molecule has 0 nitrogen and oxygen atoms in total. The van der Waals surface area contributed by atoms with Crippen LogP contribution in [0.3, 0.4) is 0 Å². The summed E-state index contributed by atoms with van der Waals surface area (Å²) in [6.07, 6.45) is 16.6. The Kier molecular flexibility index (Phi) is 10.0. The Balaban J connectivity index is 3.09. The van der Waals surface area contributed by atoms with E-state index in [1.807, 2.05) is 0 Å². The van der Waals surface area contributed by atoms with Crippen LogP contribution in [0.2, 0.25) is 0 Å². The smallest absolute Gasteiger partial charge is 0.0316 e. The molecule has 12 heavy (non-hydrogen) atoms. The summed E-state index contributed by atoms with van der Waals surface area (Å²) in [5, 5.41) is 0. The molecular weight excluding hydrogens is 144 g/mol. The predicted octanol–water partition coefficient (Wildman–Crippen LogP) is 4.48. The van der Waals surface area contributed by atoms with E-state index in [0.717, 1.165) is 0 Å². The maximum atomic E-state index is 2.29. The molecule has 0 radical (unpaired) electrons. The third-order valence-corrected chi connectivity index (χ3v) is 1.74. The first-order valence-electron chi connectivity index (χ1n) is 5.21. The lowest BCUT2D eigenvalue weighted by Crippen LogP contribution is -1.67. The summed E-state index contributed by atoms with van der Waals surface area (Å²) in [4.78, 5) is 0. The van der Waals surface area contributed by atoms with Crippen molar-refractivity contribution in [2.45, 2.75) is 52.4 Å². The second-order valence-corrected chi connectivity index (χ2v) is 3.10. The van der Waals surface area contributed by atoms with Gasteiger partial charge in [-0.15, -0.1) is 0 Å². The van der Waals surface area contributed by atoms with Crippen LogP contribution >= 0.6 is 0 Å². The van der Waals surface area contributed by atoms with Crippen molar-refractivity contribution in [2.75, 3.05) is 0 Å². The van der Waals surface area contributed by atoms with Gasteiger partial charge in [0.1, 0.15) is 0 Å². The molecule has 0 unspecified atom stereocenters. The summed E-state index contributed by atoms with van der Waals surface area (Å²) in [6, 6.07) is 0. The monoisotopic (exact) mass is 166 g/mol. The second kappa shape index (κ2) is 10.5. The summed E-state index contributed by atoms with van der Waals surface area (Å²) in [7, 11) is 0. The van der Waals surface area contributed by atoms with Crippen LogP contribution in [0.5, 0.6) is 0 Å². The molecule has 0 heteroatoms. The molecule has 0 aliphatic carbocycles. The highest BCUT2D eigenvalue weighted by Gasteiger charge is 1.77. The lowest BCUT2D eigenvalue weighted by molar-refractivity contribution is 0.931. The van der Waals surface area contributed by atoms with E-state index in [9.17, 15) is 0 Å². The van der Waals surface area contributed by atoms with Crippen molar-refractivity contribution in [1.82, 2.24) is 0 Å². The van der Waals surface area contributed by atoms with Crippen LogP contribution < -0.4 is 0 Å². The number of hydrogen-bond donors (Lipinski definition) is 0. The Morgan fingerprint density at radius 3 is 1.25 bits per heavy atom. The first-order chi connectivity index (χ1) is 5.91. The molecular formula is C12H22. The standard InChI is InChI=1S/C12H22/c1-3-5-7-9-11-12-10-8-6-4-2/h7-10H,3-6,11-12H2,1-2H3/b9-7-,10-8+. The van der Waals surface area contributed by atoms with E-state index >= 15 is 0 Å². The topological polar surface area (TPSA) is 0 Å². The van der Waals surface area contributed by atoms with Gasteiger partial charge in [-0.2, -0.15) is 0 Å². The number of rotatable bonds is 7. The van der Waals surface area contributed by atoms with Crippen LogP contribution in [0.1, 0.15) is 52.4 Å². The maximum absolute atomic E-state index is 2.29. The molecule has 0 saturated heterocycles. The summed E-state index contributed by atoms with van der Waals surface area (Å²) in [5.41, 5.74) is 0. The Labute approximate surface area is 77.4 Å². The Morgan fingerprint density at radius 2 is 0.917 bits per heavy atom. The van der Waals surface area contributed by atoms with E-state index in [2.05, 4.69) is 38.2 Å². The fraction of sp³-hybridized carbons (Fsp3) is 0.667. The van der Waals surface area contributed by atoms with Crippen LogP contribution in [0.25, 0.3) is 0 Å². The Hall–Kier alpha value is -0.520. The van der Waals surface area contributed by atoms with Gasteiger partial charge in [0.05, 0.1) is 0 Å². The normalized spacial score (nSPS) is 11.8. The molecule has 0 aliphatic rings. The zero-order valence-electron chi connectivity index (χ0n) is 8.55. The van der Waals surface area contributed by atoms with Crippen LogP contribution in [-0.4, -0.2) is 0 Å². The highest BCUT2D eigenvalue weighted by Crippen LogP contribution is 1.97. The number of allylic oxidation sites excluding steroid dienone is 4. The third kappa shape index (κ3) is 9.48. The molecule has 0 fully saturated rings. The zero-order chi connectivity index (χ0) is 9.07. The van der Waals surface area contributed by atoms with E-state index in [-0.39, 0.29) is 0 Å². The van der Waals surface area contributed by atoms with Gasteiger partial charge in [0.15, 0.2) is 0 Å². The van der Waals surface area contributed by atoms with E-state index < -0.39 is 0 Å². The van der Waals surface area contributed by atoms with Crippen molar-refractivity contribution in [2.24, 2.45) is 0 Å². The van der Waals surface area contributed by atoms with Crippen molar-refractivity contribution in [3.8, 4) is 0 Å². The summed E-state index contributed by atoms with van der Waals surface area (Å²) in [6.45, 7) is 4.43. The SMILES string of the molecule is CCC/C=C\CC/C=C/CCC. The van der Waals surface area contributed by atoms with Crippen molar-refractivity contribution in [3.05, 3.63) is 24.3 Å². The highest BCUT2D eigenvalue weighted by molar-refractivity contribution is 4.87. The van der Waals surface area contributed by atoms with Gasteiger partial charge in [-0.1, -0.05) is 51.0 Å². The molecule has 0 aromatic carbocycles. The van der Waals surface area contributed by atoms with Crippen molar-refractivity contribution >= 4 is 0 Å². The first-order valence-corrected chi connectivity index (χ1v) is 5.21. The molecule has 0 amide bonds. The third-order valence-electron chi connectivity index (χ3n) is 1.74. The largest absolute Gasteiger partial charge is 0.0885 e. The molecule has 0 aliphatic heterocycles. The van der Waals surface area contributed by atoms with Crippen molar-refractivity contribution < 1.29 is 0 Å². The molecule has 0 spiro atoms. The summed E-state index contributed by atoms with van der Waals surface area (Å²) < 4.78 is 0. The molecule has 0 bridgehead atoms. The van der Waals surface area contributed by atoms with Crippen molar-refractivity contribution in [1.29, 1.82) is 0 Å². The van der Waals surface area contributed by atoms with Crippen LogP contribution in [0.15, 0.2) is 24.3 Å². The van der Waals surface area contributed by atoms with Gasteiger partial charge in [-0.3, -0.25) is 0 Å². The molecule has 0 heterocycles. The fourth-order valence-corrected chi connectivity index (χ4v) is 0.997. The van der Waals surface area contributed by atoms with Gasteiger partial charge >= 0.3 is 0 Å². The summed E-state index contributed by atoms with van der Waals surface area (Å²) in [5.74, 6) is 0.